The molecule has 2 saturated heterocycles. The van der Waals surface area contributed by atoms with Gasteiger partial charge in [-0.2, -0.15) is 9.29 Å². The van der Waals surface area contributed by atoms with Gasteiger partial charge in [0.15, 0.2) is 0 Å². The number of carbonyl (C=O) groups is 2. The molecule has 2 amide bonds. The molecule has 0 radical (unpaired) electrons. The number of benzene rings is 1. The molecule has 3 heterocycles. The van der Waals surface area contributed by atoms with Gasteiger partial charge in [-0.1, -0.05) is 0 Å². The highest BCUT2D eigenvalue weighted by Gasteiger charge is 2.35. The van der Waals surface area contributed by atoms with Crippen molar-refractivity contribution in [2.75, 3.05) is 68.8 Å². The van der Waals surface area contributed by atoms with Crippen molar-refractivity contribution in [1.82, 2.24) is 24.1 Å². The van der Waals surface area contributed by atoms with Gasteiger partial charge in [0.1, 0.15) is 5.82 Å². The van der Waals surface area contributed by atoms with Crippen LogP contribution in [0.25, 0.3) is 0 Å². The van der Waals surface area contributed by atoms with Gasteiger partial charge in [0.05, 0.1) is 6.26 Å². The first-order valence-electron chi connectivity index (χ1n) is 12.3. The minimum absolute atomic E-state index is 0.113. The third-order valence-electron chi connectivity index (χ3n) is 6.84. The maximum absolute atomic E-state index is 12.8. The number of anilines is 3. The highest BCUT2D eigenvalue weighted by atomic mass is 32.2. The number of sulfonamides is 1. The average molecular weight is 514 g/mol. The van der Waals surface area contributed by atoms with Crippen LogP contribution in [0, 0.1) is 5.92 Å². The Bertz CT molecular complexity index is 1220. The second-order valence-corrected chi connectivity index (χ2v) is 11.5. The van der Waals surface area contributed by atoms with Gasteiger partial charge < -0.3 is 20.0 Å². The quantitative estimate of drug-likeness (QED) is 0.608. The highest BCUT2D eigenvalue weighted by molar-refractivity contribution is 7.88. The number of piperazine rings is 2. The van der Waals surface area contributed by atoms with Crippen molar-refractivity contribution >= 4 is 39.3 Å². The Balaban J connectivity index is 1.16. The lowest BCUT2D eigenvalue weighted by atomic mass is 10.1. The molecule has 36 heavy (non-hydrogen) atoms. The first-order chi connectivity index (χ1) is 17.3. The minimum Gasteiger partial charge on any atom is -0.340 e. The van der Waals surface area contributed by atoms with Crippen LogP contribution in [0.1, 0.15) is 23.2 Å². The average Bonchev–Trinajstić information content (AvgIpc) is 3.74. The Morgan fingerprint density at radius 3 is 2.14 bits per heavy atom. The highest BCUT2D eigenvalue weighted by Crippen LogP contribution is 2.31. The number of rotatable bonds is 6. The number of nitrogens with one attached hydrogen (secondary N) is 1. The van der Waals surface area contributed by atoms with Gasteiger partial charge in [0.2, 0.25) is 21.9 Å². The molecule has 1 aliphatic carbocycles. The summed E-state index contributed by atoms with van der Waals surface area (Å²) >= 11 is 0. The van der Waals surface area contributed by atoms with E-state index in [0.29, 0.717) is 69.7 Å². The molecule has 3 aliphatic rings. The Morgan fingerprint density at radius 1 is 0.889 bits per heavy atom. The van der Waals surface area contributed by atoms with Gasteiger partial charge in [-0.25, -0.2) is 13.4 Å². The lowest BCUT2D eigenvalue weighted by Crippen LogP contribution is -2.50. The SMILES string of the molecule is CS(=O)(=O)N1CCN(C(=O)c2ccc(Nc3ccnc(N4CCN(C(=O)C5CC5)CC4)n3)cc2)CC1. The Kier molecular flexibility index (Phi) is 6.80. The summed E-state index contributed by atoms with van der Waals surface area (Å²) in [5, 5.41) is 3.26. The van der Waals surface area contributed by atoms with Gasteiger partial charge in [0, 0.05) is 75.7 Å². The van der Waals surface area contributed by atoms with Crippen molar-refractivity contribution in [3.8, 4) is 0 Å². The molecule has 2 aliphatic heterocycles. The van der Waals surface area contributed by atoms with Gasteiger partial charge in [-0.3, -0.25) is 9.59 Å². The third-order valence-corrected chi connectivity index (χ3v) is 8.15. The third kappa shape index (κ3) is 5.59. The Labute approximate surface area is 211 Å². The molecule has 11 nitrogen and oxygen atoms in total. The van der Waals surface area contributed by atoms with E-state index in [1.165, 1.54) is 10.6 Å². The summed E-state index contributed by atoms with van der Waals surface area (Å²) in [4.78, 5) is 39.9. The standard InChI is InChI=1S/C24H31N7O4S/c1-36(34,35)31-16-14-29(15-17-31)23(33)19-4-6-20(7-5-19)26-21-8-9-25-24(27-21)30-12-10-28(11-13-30)22(32)18-2-3-18/h4-9,18H,2-3,10-17H2,1H3,(H,25,26,27). The summed E-state index contributed by atoms with van der Waals surface area (Å²) in [6.07, 6.45) is 4.94. The topological polar surface area (TPSA) is 119 Å². The number of hydrogen-bond acceptors (Lipinski definition) is 8. The second-order valence-electron chi connectivity index (χ2n) is 9.49. The van der Waals surface area contributed by atoms with E-state index >= 15 is 0 Å². The molecule has 0 spiro atoms. The molecule has 1 aromatic carbocycles. The van der Waals surface area contributed by atoms with Crippen molar-refractivity contribution in [3.05, 3.63) is 42.1 Å². The first kappa shape index (κ1) is 24.4. The molecule has 5 rings (SSSR count). The Hall–Kier alpha value is -3.25. The van der Waals surface area contributed by atoms with Crippen LogP contribution in [0.5, 0.6) is 0 Å². The van der Waals surface area contributed by atoms with Crippen LogP contribution in [0.3, 0.4) is 0 Å². The molecular weight excluding hydrogens is 482 g/mol. The van der Waals surface area contributed by atoms with Crippen molar-refractivity contribution in [2.24, 2.45) is 5.92 Å². The van der Waals surface area contributed by atoms with E-state index in [2.05, 4.69) is 20.2 Å². The summed E-state index contributed by atoms with van der Waals surface area (Å²) in [5.74, 6) is 1.68. The normalized spacial score (nSPS) is 19.3. The second kappa shape index (κ2) is 10.0. The van der Waals surface area contributed by atoms with E-state index in [0.717, 1.165) is 18.5 Å². The predicted molar refractivity (Wildman–Crippen MR) is 136 cm³/mol. The zero-order chi connectivity index (χ0) is 25.3. The molecule has 12 heteroatoms. The molecule has 1 saturated carbocycles. The smallest absolute Gasteiger partial charge is 0.253 e. The summed E-state index contributed by atoms with van der Waals surface area (Å²) in [6.45, 7) is 4.16. The van der Waals surface area contributed by atoms with E-state index in [4.69, 9.17) is 0 Å². The zero-order valence-corrected chi connectivity index (χ0v) is 21.2. The lowest BCUT2D eigenvalue weighted by molar-refractivity contribution is -0.132. The van der Waals surface area contributed by atoms with E-state index < -0.39 is 10.0 Å². The largest absolute Gasteiger partial charge is 0.340 e. The molecule has 3 fully saturated rings. The molecule has 0 atom stereocenters. The molecule has 2 aromatic rings. The molecule has 192 valence electrons. The maximum Gasteiger partial charge on any atom is 0.253 e. The number of amides is 2. The minimum atomic E-state index is -3.23. The van der Waals surface area contributed by atoms with Crippen LogP contribution in [0.15, 0.2) is 36.5 Å². The summed E-state index contributed by atoms with van der Waals surface area (Å²) < 4.78 is 24.8. The van der Waals surface area contributed by atoms with Crippen LogP contribution in [0.4, 0.5) is 17.5 Å². The van der Waals surface area contributed by atoms with E-state index in [1.807, 2.05) is 17.0 Å². The number of carbonyl (C=O) groups excluding carboxylic acids is 2. The maximum atomic E-state index is 12.8. The van der Waals surface area contributed by atoms with Crippen molar-refractivity contribution in [1.29, 1.82) is 0 Å². The number of aromatic nitrogens is 2. The van der Waals surface area contributed by atoms with Gasteiger partial charge >= 0.3 is 0 Å². The van der Waals surface area contributed by atoms with Crippen LogP contribution in [-0.2, 0) is 14.8 Å². The van der Waals surface area contributed by atoms with Crippen LogP contribution >= 0.6 is 0 Å². The van der Waals surface area contributed by atoms with Gasteiger partial charge in [0.25, 0.3) is 5.91 Å². The van der Waals surface area contributed by atoms with Crippen LogP contribution in [-0.4, -0.2) is 103 Å². The van der Waals surface area contributed by atoms with E-state index in [1.54, 1.807) is 29.3 Å². The fraction of sp³-hybridized carbons (Fsp3) is 0.500. The number of hydrogen-bond donors (Lipinski definition) is 1. The van der Waals surface area contributed by atoms with E-state index in [-0.39, 0.29) is 17.7 Å². The Morgan fingerprint density at radius 2 is 1.53 bits per heavy atom. The predicted octanol–water partition coefficient (Wildman–Crippen LogP) is 0.996. The van der Waals surface area contributed by atoms with Crippen molar-refractivity contribution in [3.63, 3.8) is 0 Å². The van der Waals surface area contributed by atoms with Crippen molar-refractivity contribution in [2.45, 2.75) is 12.8 Å². The first-order valence-corrected chi connectivity index (χ1v) is 14.1. The molecule has 0 unspecified atom stereocenters. The monoisotopic (exact) mass is 513 g/mol. The van der Waals surface area contributed by atoms with Gasteiger partial charge in [-0.05, 0) is 43.2 Å². The molecule has 1 N–H and O–H groups in total. The molecular formula is C24H31N7O4S. The van der Waals surface area contributed by atoms with Crippen LogP contribution in [0.2, 0.25) is 0 Å². The molecule has 1 aromatic heterocycles. The summed E-state index contributed by atoms with van der Waals surface area (Å²) in [7, 11) is -3.23. The summed E-state index contributed by atoms with van der Waals surface area (Å²) in [6, 6.07) is 8.95. The lowest BCUT2D eigenvalue weighted by Gasteiger charge is -2.35. The number of nitrogens with zero attached hydrogens (tertiary/aromatic N) is 6. The fourth-order valence-corrected chi connectivity index (χ4v) is 5.36. The fourth-order valence-electron chi connectivity index (χ4n) is 4.54. The van der Waals surface area contributed by atoms with Gasteiger partial charge in [-0.15, -0.1) is 0 Å². The zero-order valence-electron chi connectivity index (χ0n) is 20.3. The van der Waals surface area contributed by atoms with Crippen LogP contribution < -0.4 is 10.2 Å². The van der Waals surface area contributed by atoms with Crippen molar-refractivity contribution < 1.29 is 18.0 Å². The van der Waals surface area contributed by atoms with E-state index in [9.17, 15) is 18.0 Å². The summed E-state index contributed by atoms with van der Waals surface area (Å²) in [5.41, 5.74) is 1.34. The molecule has 0 bridgehead atoms.